The summed E-state index contributed by atoms with van der Waals surface area (Å²) in [5.74, 6) is -3.26. The van der Waals surface area contributed by atoms with E-state index in [1.807, 2.05) is 24.3 Å². The molecule has 0 bridgehead atoms. The second-order valence-corrected chi connectivity index (χ2v) is 6.30. The quantitative estimate of drug-likeness (QED) is 0.373. The summed E-state index contributed by atoms with van der Waals surface area (Å²) in [5.41, 5.74) is 1.06. The van der Waals surface area contributed by atoms with Crippen LogP contribution in [-0.4, -0.2) is 23.9 Å². The third-order valence-electron chi connectivity index (χ3n) is 3.39. The Hall–Kier alpha value is -2.02. The lowest BCUT2D eigenvalue weighted by molar-refractivity contribution is -0.541. The van der Waals surface area contributed by atoms with E-state index in [1.165, 1.54) is 0 Å². The molecule has 134 valence electrons. The third-order valence-corrected chi connectivity index (χ3v) is 3.39. The zero-order valence-electron chi connectivity index (χ0n) is 13.9. The lowest BCUT2D eigenvalue weighted by Crippen LogP contribution is -2.77. The Morgan fingerprint density at radius 2 is 1.75 bits per heavy atom. The fourth-order valence-electron chi connectivity index (χ4n) is 1.94. The predicted octanol–water partition coefficient (Wildman–Crippen LogP) is 2.76. The van der Waals surface area contributed by atoms with Gasteiger partial charge in [-0.25, -0.2) is 4.79 Å². The van der Waals surface area contributed by atoms with Gasteiger partial charge in [0.25, 0.3) is 5.76 Å². The number of halogens is 3. The molecule has 0 aromatic heterocycles. The van der Waals surface area contributed by atoms with Crippen LogP contribution in [0.25, 0.3) is 0 Å². The van der Waals surface area contributed by atoms with E-state index in [9.17, 15) is 18.0 Å². The van der Waals surface area contributed by atoms with Gasteiger partial charge in [0.15, 0.2) is 0 Å². The predicted molar refractivity (Wildman–Crippen MR) is 82.8 cm³/mol. The summed E-state index contributed by atoms with van der Waals surface area (Å²) in [6.45, 7) is 6.15. The van der Waals surface area contributed by atoms with Gasteiger partial charge >= 0.3 is 12.1 Å². The van der Waals surface area contributed by atoms with Crippen molar-refractivity contribution in [2.45, 2.75) is 38.8 Å². The van der Waals surface area contributed by atoms with Gasteiger partial charge in [-0.1, -0.05) is 45.0 Å². The van der Waals surface area contributed by atoms with Gasteiger partial charge in [0, 0.05) is 6.42 Å². The van der Waals surface area contributed by atoms with Crippen LogP contribution < -0.4 is 5.32 Å². The Bertz CT molecular complexity index is 599. The highest BCUT2D eigenvalue weighted by atomic mass is 19.4. The molecule has 0 aliphatic rings. The van der Waals surface area contributed by atoms with Crippen LogP contribution in [0.15, 0.2) is 35.7 Å². The van der Waals surface area contributed by atoms with Crippen molar-refractivity contribution in [3.63, 3.8) is 0 Å². The molecule has 7 heteroatoms. The average Bonchev–Trinajstić information content (AvgIpc) is 2.46. The van der Waals surface area contributed by atoms with Crippen LogP contribution in [0.1, 0.15) is 31.9 Å². The van der Waals surface area contributed by atoms with Gasteiger partial charge in [0.1, 0.15) is 0 Å². The molecule has 0 spiro atoms. The molecule has 24 heavy (non-hydrogen) atoms. The molecule has 0 aliphatic heterocycles. The second-order valence-electron chi connectivity index (χ2n) is 6.30. The Morgan fingerprint density at radius 3 is 2.17 bits per heavy atom. The normalized spacial score (nSPS) is 13.5. The summed E-state index contributed by atoms with van der Waals surface area (Å²) in [6.07, 6.45) is -4.67. The summed E-state index contributed by atoms with van der Waals surface area (Å²) >= 11 is 0. The second kappa shape index (κ2) is 7.70. The third kappa shape index (κ3) is 5.56. The number of hydrogen-bond donors (Lipinski definition) is 2. The fourth-order valence-corrected chi connectivity index (χ4v) is 1.94. The molecule has 0 atom stereocenters. The van der Waals surface area contributed by atoms with Gasteiger partial charge in [-0.15, -0.1) is 7.05 Å². The number of quaternary nitrogens is 1. The first kappa shape index (κ1) is 20.0. The van der Waals surface area contributed by atoms with E-state index in [0.29, 0.717) is 11.7 Å². The van der Waals surface area contributed by atoms with Crippen molar-refractivity contribution in [2.24, 2.45) is 0 Å². The standard InChI is InChI=1S/C17H22F3NO3/c1-16(2,3)12-7-5-11(6-8-12)9-10-24-15(23)13(21-4)14(22)17(18,19)20/h5-8,22H,4,9-10,21H2,1-3H3/b14-13+. The minimum absolute atomic E-state index is 0.0176. The summed E-state index contributed by atoms with van der Waals surface area (Å²) in [5, 5.41) is 9.65. The molecule has 1 rings (SSSR count). The number of aliphatic hydroxyl groups excluding tert-OH is 1. The maximum absolute atomic E-state index is 12.4. The van der Waals surface area contributed by atoms with E-state index in [4.69, 9.17) is 9.84 Å². The molecule has 3 N–H and O–H groups in total. The van der Waals surface area contributed by atoms with Crippen molar-refractivity contribution < 1.29 is 33.1 Å². The van der Waals surface area contributed by atoms with Crippen molar-refractivity contribution in [3.8, 4) is 0 Å². The SMILES string of the molecule is [CH2-][NH2+]/C(C(=O)OCCc1ccc(C(C)(C)C)cc1)=C(/O)C(F)(F)F. The number of carbonyl (C=O) groups excluding carboxylic acids is 1. The Balaban J connectivity index is 2.65. The highest BCUT2D eigenvalue weighted by molar-refractivity contribution is 5.86. The number of esters is 1. The molecule has 1 aromatic rings. The largest absolute Gasteiger partial charge is 0.500 e. The summed E-state index contributed by atoms with van der Waals surface area (Å²) < 4.78 is 42.0. The van der Waals surface area contributed by atoms with E-state index in [0.717, 1.165) is 11.1 Å². The van der Waals surface area contributed by atoms with Crippen molar-refractivity contribution in [1.82, 2.24) is 0 Å². The molecule has 0 amide bonds. The summed E-state index contributed by atoms with van der Waals surface area (Å²) in [6, 6.07) is 7.68. The maximum atomic E-state index is 12.4. The zero-order chi connectivity index (χ0) is 18.5. The lowest BCUT2D eigenvalue weighted by atomic mass is 9.86. The fraction of sp³-hybridized carbons (Fsp3) is 0.412. The first-order valence-corrected chi connectivity index (χ1v) is 7.36. The number of rotatable bonds is 5. The van der Waals surface area contributed by atoms with Crippen LogP contribution >= 0.6 is 0 Å². The molecule has 0 fully saturated rings. The molecule has 4 nitrogen and oxygen atoms in total. The number of allylic oxidation sites excluding steroid dienone is 1. The van der Waals surface area contributed by atoms with Crippen LogP contribution in [0.2, 0.25) is 0 Å². The molecular weight excluding hydrogens is 323 g/mol. The van der Waals surface area contributed by atoms with Gasteiger partial charge in [-0.05, 0) is 16.5 Å². The maximum Gasteiger partial charge on any atom is 0.455 e. The molecule has 0 unspecified atom stereocenters. The molecule has 1 aromatic carbocycles. The Morgan fingerprint density at radius 1 is 1.21 bits per heavy atom. The first-order chi connectivity index (χ1) is 11.0. The molecular formula is C17H22F3NO3. The van der Waals surface area contributed by atoms with Crippen LogP contribution in [0.5, 0.6) is 0 Å². The van der Waals surface area contributed by atoms with Crippen LogP contribution in [-0.2, 0) is 21.4 Å². The van der Waals surface area contributed by atoms with E-state index < -0.39 is 23.6 Å². The van der Waals surface area contributed by atoms with Gasteiger partial charge in [-0.2, -0.15) is 13.2 Å². The Labute approximate surface area is 139 Å². The van der Waals surface area contributed by atoms with E-state index >= 15 is 0 Å². The highest BCUT2D eigenvalue weighted by Gasteiger charge is 2.40. The zero-order valence-corrected chi connectivity index (χ0v) is 13.9. The number of ether oxygens (including phenoxy) is 1. The lowest BCUT2D eigenvalue weighted by Gasteiger charge is -2.19. The van der Waals surface area contributed by atoms with Crippen LogP contribution in [0.3, 0.4) is 0 Å². The number of hydrogen-bond acceptors (Lipinski definition) is 3. The van der Waals surface area contributed by atoms with Crippen molar-refractivity contribution in [1.29, 1.82) is 0 Å². The minimum Gasteiger partial charge on any atom is -0.500 e. The molecule has 0 saturated carbocycles. The van der Waals surface area contributed by atoms with Gasteiger partial charge in [0.05, 0.1) is 6.61 Å². The number of aliphatic hydroxyl groups is 1. The van der Waals surface area contributed by atoms with E-state index in [2.05, 4.69) is 27.8 Å². The van der Waals surface area contributed by atoms with Gasteiger partial charge in [0.2, 0.25) is 5.70 Å². The van der Waals surface area contributed by atoms with Crippen molar-refractivity contribution >= 4 is 5.97 Å². The monoisotopic (exact) mass is 345 g/mol. The van der Waals surface area contributed by atoms with Crippen molar-refractivity contribution in [2.75, 3.05) is 6.61 Å². The molecule has 0 radical (unpaired) electrons. The number of alkyl halides is 3. The minimum atomic E-state index is -5.02. The molecule has 0 heterocycles. The first-order valence-electron chi connectivity index (χ1n) is 7.36. The summed E-state index contributed by atoms with van der Waals surface area (Å²) in [4.78, 5) is 11.6. The molecule has 0 aliphatic carbocycles. The molecule has 0 saturated heterocycles. The number of benzene rings is 1. The van der Waals surface area contributed by atoms with Crippen LogP contribution in [0.4, 0.5) is 13.2 Å². The Kier molecular flexibility index (Phi) is 6.42. The van der Waals surface area contributed by atoms with Crippen LogP contribution in [0, 0.1) is 7.05 Å². The highest BCUT2D eigenvalue weighted by Crippen LogP contribution is 2.24. The number of carbonyl (C=O) groups is 1. The average molecular weight is 345 g/mol. The van der Waals surface area contributed by atoms with Gasteiger partial charge < -0.3 is 15.2 Å². The smallest absolute Gasteiger partial charge is 0.455 e. The van der Waals surface area contributed by atoms with Crippen molar-refractivity contribution in [3.05, 3.63) is 53.9 Å². The van der Waals surface area contributed by atoms with Gasteiger partial charge in [-0.3, -0.25) is 0 Å². The van der Waals surface area contributed by atoms with E-state index in [1.54, 1.807) is 0 Å². The topological polar surface area (TPSA) is 63.1 Å². The number of nitrogens with two attached hydrogens (primary N) is 1. The van der Waals surface area contributed by atoms with E-state index in [-0.39, 0.29) is 12.0 Å². The summed E-state index contributed by atoms with van der Waals surface area (Å²) in [7, 11) is 3.10.